The molecular formula is C45H35N3S. The summed E-state index contributed by atoms with van der Waals surface area (Å²) in [6, 6.07) is 49.7. The predicted molar refractivity (Wildman–Crippen MR) is 206 cm³/mol. The van der Waals surface area contributed by atoms with Crippen LogP contribution in [0.25, 0.3) is 76.6 Å². The van der Waals surface area contributed by atoms with Crippen LogP contribution in [0.5, 0.6) is 0 Å². The van der Waals surface area contributed by atoms with Crippen LogP contribution in [0.3, 0.4) is 0 Å². The van der Waals surface area contributed by atoms with Gasteiger partial charge in [0, 0.05) is 36.9 Å². The van der Waals surface area contributed by atoms with Crippen LogP contribution in [0, 0.1) is 0 Å². The molecule has 0 aliphatic heterocycles. The van der Waals surface area contributed by atoms with Gasteiger partial charge in [-0.1, -0.05) is 137 Å². The molecule has 0 radical (unpaired) electrons. The summed E-state index contributed by atoms with van der Waals surface area (Å²) in [4.78, 5) is 14.9. The molecule has 6 aromatic carbocycles. The summed E-state index contributed by atoms with van der Waals surface area (Å²) < 4.78 is 2.68. The van der Waals surface area contributed by atoms with Gasteiger partial charge < -0.3 is 0 Å². The highest BCUT2D eigenvalue weighted by atomic mass is 32.1. The molecule has 9 rings (SSSR count). The summed E-state index contributed by atoms with van der Waals surface area (Å²) in [6.45, 7) is 9.63. The first kappa shape index (κ1) is 29.7. The van der Waals surface area contributed by atoms with Crippen molar-refractivity contribution in [2.75, 3.05) is 0 Å². The number of thiophene rings is 1. The molecule has 1 aliphatic carbocycles. The molecule has 0 N–H and O–H groups in total. The summed E-state index contributed by atoms with van der Waals surface area (Å²) in [5.41, 5.74) is 10.5. The Morgan fingerprint density at radius 1 is 0.388 bits per heavy atom. The van der Waals surface area contributed by atoms with Gasteiger partial charge in [-0.15, -0.1) is 11.3 Å². The predicted octanol–water partition coefficient (Wildman–Crippen LogP) is 12.1. The second kappa shape index (κ2) is 11.0. The van der Waals surface area contributed by atoms with Crippen LogP contribution in [-0.4, -0.2) is 15.0 Å². The SMILES string of the molecule is CC1(C)c2ccc(-c3cccc(-c4nc(-c5ccccc5)nc(-c5ccccc5)n4)c3)cc2-c2cc3sc4ccccc4c3cc2C1(C)C. The lowest BCUT2D eigenvalue weighted by Crippen LogP contribution is -2.43. The van der Waals surface area contributed by atoms with Crippen LogP contribution in [0.2, 0.25) is 0 Å². The summed E-state index contributed by atoms with van der Waals surface area (Å²) >= 11 is 1.89. The molecule has 8 aromatic rings. The largest absolute Gasteiger partial charge is 0.208 e. The highest BCUT2D eigenvalue weighted by molar-refractivity contribution is 7.25. The number of fused-ring (bicyclic) bond motifs is 6. The van der Waals surface area contributed by atoms with Gasteiger partial charge in [0.15, 0.2) is 17.5 Å². The van der Waals surface area contributed by atoms with Gasteiger partial charge in [0.25, 0.3) is 0 Å². The van der Waals surface area contributed by atoms with Crippen LogP contribution in [0.4, 0.5) is 0 Å². The zero-order valence-corrected chi connectivity index (χ0v) is 28.8. The van der Waals surface area contributed by atoms with Gasteiger partial charge >= 0.3 is 0 Å². The Morgan fingerprint density at radius 3 is 1.61 bits per heavy atom. The van der Waals surface area contributed by atoms with Crippen LogP contribution in [0.15, 0.2) is 140 Å². The van der Waals surface area contributed by atoms with Crippen molar-refractivity contribution in [3.8, 4) is 56.4 Å². The Balaban J connectivity index is 1.19. The average Bonchev–Trinajstić information content (AvgIpc) is 3.52. The fourth-order valence-corrected chi connectivity index (χ4v) is 8.58. The van der Waals surface area contributed by atoms with Crippen molar-refractivity contribution in [1.82, 2.24) is 15.0 Å². The quantitative estimate of drug-likeness (QED) is 0.190. The van der Waals surface area contributed by atoms with E-state index >= 15 is 0 Å². The van der Waals surface area contributed by atoms with Gasteiger partial charge in [-0.05, 0) is 74.5 Å². The summed E-state index contributed by atoms with van der Waals surface area (Å²) in [5, 5.41) is 2.71. The topological polar surface area (TPSA) is 38.7 Å². The van der Waals surface area contributed by atoms with Crippen LogP contribution < -0.4 is 0 Å². The van der Waals surface area contributed by atoms with E-state index in [-0.39, 0.29) is 10.8 Å². The van der Waals surface area contributed by atoms with Gasteiger partial charge in [-0.2, -0.15) is 0 Å². The highest BCUT2D eigenvalue weighted by Crippen LogP contribution is 2.56. The standard InChI is InChI=1S/C45H35N3S/c1-44(2)37-23-22-31(25-34(37)35-27-40-36(26-38(35)45(44,3)4)33-20-11-12-21-39(33)49-40)30-18-13-19-32(24-30)43-47-41(28-14-7-5-8-15-28)46-42(48-43)29-16-9-6-10-17-29/h5-27H,1-4H3. The first-order chi connectivity index (χ1) is 23.8. The van der Waals surface area contributed by atoms with Gasteiger partial charge in [0.1, 0.15) is 0 Å². The van der Waals surface area contributed by atoms with E-state index in [0.29, 0.717) is 17.5 Å². The average molecular weight is 650 g/mol. The molecule has 0 fully saturated rings. The van der Waals surface area contributed by atoms with Crippen molar-refractivity contribution >= 4 is 31.5 Å². The second-order valence-corrected chi connectivity index (χ2v) is 15.2. The zero-order chi connectivity index (χ0) is 33.3. The fourth-order valence-electron chi connectivity index (χ4n) is 7.45. The number of nitrogens with zero attached hydrogens (tertiary/aromatic N) is 3. The molecule has 0 spiro atoms. The number of hydrogen-bond donors (Lipinski definition) is 0. The van der Waals surface area contributed by atoms with Crippen molar-refractivity contribution in [1.29, 1.82) is 0 Å². The number of benzene rings is 6. The molecule has 3 nitrogen and oxygen atoms in total. The maximum atomic E-state index is 4.99. The van der Waals surface area contributed by atoms with Gasteiger partial charge in [-0.25, -0.2) is 15.0 Å². The molecule has 0 bridgehead atoms. The normalized spacial score (nSPS) is 14.4. The summed E-state index contributed by atoms with van der Waals surface area (Å²) in [5.74, 6) is 1.99. The minimum atomic E-state index is -0.0677. The Morgan fingerprint density at radius 2 is 0.918 bits per heavy atom. The molecule has 0 amide bonds. The maximum absolute atomic E-state index is 4.99. The second-order valence-electron chi connectivity index (χ2n) is 14.1. The zero-order valence-electron chi connectivity index (χ0n) is 28.0. The number of rotatable bonds is 4. The van der Waals surface area contributed by atoms with Crippen molar-refractivity contribution in [2.24, 2.45) is 0 Å². The van der Waals surface area contributed by atoms with E-state index in [2.05, 4.69) is 107 Å². The van der Waals surface area contributed by atoms with E-state index in [1.165, 1.54) is 48.0 Å². The minimum Gasteiger partial charge on any atom is -0.208 e. The van der Waals surface area contributed by atoms with Crippen molar-refractivity contribution in [2.45, 2.75) is 38.5 Å². The fraction of sp³-hybridized carbons (Fsp3) is 0.133. The van der Waals surface area contributed by atoms with Crippen molar-refractivity contribution < 1.29 is 0 Å². The smallest absolute Gasteiger partial charge is 0.164 e. The van der Waals surface area contributed by atoms with E-state index in [9.17, 15) is 0 Å². The highest BCUT2D eigenvalue weighted by Gasteiger charge is 2.46. The van der Waals surface area contributed by atoms with Gasteiger partial charge in [0.2, 0.25) is 0 Å². The van der Waals surface area contributed by atoms with Crippen LogP contribution in [-0.2, 0) is 10.8 Å². The molecule has 1 aliphatic rings. The maximum Gasteiger partial charge on any atom is 0.164 e. The molecule has 2 aromatic heterocycles. The Bertz CT molecular complexity index is 2490. The third-order valence-corrected chi connectivity index (χ3v) is 12.0. The van der Waals surface area contributed by atoms with Gasteiger partial charge in [-0.3, -0.25) is 0 Å². The molecule has 4 heteroatoms. The van der Waals surface area contributed by atoms with E-state index in [1.807, 2.05) is 72.0 Å². The lowest BCUT2D eigenvalue weighted by Gasteiger charge is -2.48. The van der Waals surface area contributed by atoms with Gasteiger partial charge in [0.05, 0.1) is 0 Å². The molecule has 0 unspecified atom stereocenters. The molecule has 0 saturated heterocycles. The first-order valence-electron chi connectivity index (χ1n) is 16.9. The third-order valence-electron chi connectivity index (χ3n) is 10.9. The monoisotopic (exact) mass is 649 g/mol. The van der Waals surface area contributed by atoms with E-state index in [0.717, 1.165) is 22.3 Å². The lowest BCUT2D eigenvalue weighted by atomic mass is 9.55. The Kier molecular flexibility index (Phi) is 6.69. The van der Waals surface area contributed by atoms with Crippen molar-refractivity contribution in [3.05, 3.63) is 151 Å². The van der Waals surface area contributed by atoms with E-state index in [1.54, 1.807) is 0 Å². The molecule has 236 valence electrons. The van der Waals surface area contributed by atoms with Crippen LogP contribution in [0.1, 0.15) is 38.8 Å². The molecule has 0 atom stereocenters. The Hall–Kier alpha value is -5.45. The molecular weight excluding hydrogens is 615 g/mol. The van der Waals surface area contributed by atoms with Crippen LogP contribution >= 0.6 is 11.3 Å². The summed E-state index contributed by atoms with van der Waals surface area (Å²) in [6.07, 6.45) is 0. The third kappa shape index (κ3) is 4.74. The van der Waals surface area contributed by atoms with Crippen molar-refractivity contribution in [3.63, 3.8) is 0 Å². The molecule has 0 saturated carbocycles. The Labute approximate surface area is 291 Å². The minimum absolute atomic E-state index is 0.0560. The number of aromatic nitrogens is 3. The lowest BCUT2D eigenvalue weighted by molar-refractivity contribution is 0.299. The van der Waals surface area contributed by atoms with E-state index < -0.39 is 0 Å². The summed E-state index contributed by atoms with van der Waals surface area (Å²) in [7, 11) is 0. The molecule has 49 heavy (non-hydrogen) atoms. The van der Waals surface area contributed by atoms with E-state index in [4.69, 9.17) is 15.0 Å². The number of hydrogen-bond acceptors (Lipinski definition) is 4. The first-order valence-corrected chi connectivity index (χ1v) is 17.7. The molecule has 2 heterocycles.